The average Bonchev–Trinajstić information content (AvgIpc) is 2.31. The zero-order valence-corrected chi connectivity index (χ0v) is 9.98. The topological polar surface area (TPSA) is 0 Å². The second-order valence-corrected chi connectivity index (χ2v) is 4.48. The highest BCUT2D eigenvalue weighted by atomic mass is 14.1. The van der Waals surface area contributed by atoms with Crippen molar-refractivity contribution in [3.8, 4) is 0 Å². The molecule has 0 N–H and O–H groups in total. The molecule has 0 spiro atoms. The lowest BCUT2D eigenvalue weighted by Crippen LogP contribution is -1.93. The molecule has 1 atom stereocenters. The quantitative estimate of drug-likeness (QED) is 0.635. The van der Waals surface area contributed by atoms with Crippen LogP contribution >= 0.6 is 0 Å². The summed E-state index contributed by atoms with van der Waals surface area (Å²) in [6.45, 7) is 4.43. The molecule has 0 aromatic heterocycles. The van der Waals surface area contributed by atoms with Crippen LogP contribution in [0.25, 0.3) is 5.57 Å². The summed E-state index contributed by atoms with van der Waals surface area (Å²) in [5.41, 5.74) is 3.99. The van der Waals surface area contributed by atoms with Gasteiger partial charge in [-0.05, 0) is 30.4 Å². The molecular weight excluding hydrogens is 192 g/mol. The molecule has 1 aromatic rings. The van der Waals surface area contributed by atoms with Gasteiger partial charge in [-0.2, -0.15) is 0 Å². The lowest BCUT2D eigenvalue weighted by Gasteiger charge is -2.10. The Morgan fingerprint density at radius 1 is 1.06 bits per heavy atom. The van der Waals surface area contributed by atoms with Crippen molar-refractivity contribution in [3.05, 3.63) is 65.8 Å². The van der Waals surface area contributed by atoms with Crippen LogP contribution in [0.1, 0.15) is 25.8 Å². The average molecular weight is 210 g/mol. The second kappa shape index (κ2) is 4.98. The highest BCUT2D eigenvalue weighted by Crippen LogP contribution is 2.22. The van der Waals surface area contributed by atoms with E-state index in [0.717, 1.165) is 6.42 Å². The normalized spacial score (nSPS) is 26.0. The lowest BCUT2D eigenvalue weighted by molar-refractivity contribution is 0.743. The van der Waals surface area contributed by atoms with Crippen molar-refractivity contribution in [3.63, 3.8) is 0 Å². The molecule has 2 rings (SSSR count). The molecular formula is C16H18. The van der Waals surface area contributed by atoms with Gasteiger partial charge >= 0.3 is 0 Å². The minimum Gasteiger partial charge on any atom is -0.0810 e. The Labute approximate surface area is 98.0 Å². The van der Waals surface area contributed by atoms with Crippen LogP contribution in [0.4, 0.5) is 0 Å². The third kappa shape index (κ3) is 2.73. The fraction of sp³-hybridized carbons (Fsp3) is 0.250. The van der Waals surface area contributed by atoms with E-state index < -0.39 is 0 Å². The molecule has 0 saturated carbocycles. The van der Waals surface area contributed by atoms with E-state index in [1.807, 2.05) is 0 Å². The predicted octanol–water partition coefficient (Wildman–Crippen LogP) is 4.61. The minimum atomic E-state index is 0.607. The molecule has 1 aliphatic carbocycles. The molecule has 82 valence electrons. The van der Waals surface area contributed by atoms with Crippen LogP contribution in [0.5, 0.6) is 0 Å². The van der Waals surface area contributed by atoms with Crippen molar-refractivity contribution >= 4 is 5.57 Å². The summed E-state index contributed by atoms with van der Waals surface area (Å²) in [7, 11) is 0. The Bertz CT molecular complexity index is 432. The molecule has 16 heavy (non-hydrogen) atoms. The van der Waals surface area contributed by atoms with Gasteiger partial charge in [0.15, 0.2) is 0 Å². The van der Waals surface area contributed by atoms with Gasteiger partial charge in [0.1, 0.15) is 0 Å². The standard InChI is InChI=1S/C16H18/c1-13-8-9-14(2)12-16(11-10-13)15-6-4-3-5-7-15/h3-8,10-12,14H,9H2,1-2H3/b11-10-,13-8?,16-12+. The van der Waals surface area contributed by atoms with E-state index in [-0.39, 0.29) is 0 Å². The molecule has 0 radical (unpaired) electrons. The first-order valence-electron chi connectivity index (χ1n) is 5.88. The summed E-state index contributed by atoms with van der Waals surface area (Å²) < 4.78 is 0. The zero-order chi connectivity index (χ0) is 11.4. The van der Waals surface area contributed by atoms with Crippen LogP contribution in [0.15, 0.2) is 60.2 Å². The molecule has 0 bridgehead atoms. The van der Waals surface area contributed by atoms with E-state index in [2.05, 4.69) is 68.5 Å². The first-order chi connectivity index (χ1) is 7.75. The van der Waals surface area contributed by atoms with Gasteiger partial charge in [-0.25, -0.2) is 0 Å². The van der Waals surface area contributed by atoms with Crippen LogP contribution in [0.2, 0.25) is 0 Å². The van der Waals surface area contributed by atoms with Crippen molar-refractivity contribution in [2.24, 2.45) is 5.92 Å². The van der Waals surface area contributed by atoms with E-state index in [4.69, 9.17) is 0 Å². The van der Waals surface area contributed by atoms with Gasteiger partial charge in [0.2, 0.25) is 0 Å². The number of allylic oxidation sites excluding steroid dienone is 6. The Morgan fingerprint density at radius 3 is 2.56 bits per heavy atom. The van der Waals surface area contributed by atoms with Gasteiger partial charge < -0.3 is 0 Å². The highest BCUT2D eigenvalue weighted by Gasteiger charge is 2.03. The number of rotatable bonds is 1. The summed E-state index contributed by atoms with van der Waals surface area (Å²) >= 11 is 0. The van der Waals surface area contributed by atoms with E-state index >= 15 is 0 Å². The third-order valence-electron chi connectivity index (χ3n) is 2.91. The Morgan fingerprint density at radius 2 is 1.81 bits per heavy atom. The largest absolute Gasteiger partial charge is 0.0810 e. The van der Waals surface area contributed by atoms with Gasteiger partial charge in [0, 0.05) is 0 Å². The first kappa shape index (κ1) is 10.9. The maximum Gasteiger partial charge on any atom is -0.0187 e. The fourth-order valence-electron chi connectivity index (χ4n) is 1.91. The number of hydrogen-bond acceptors (Lipinski definition) is 0. The maximum absolute atomic E-state index is 2.36. The van der Waals surface area contributed by atoms with E-state index in [1.54, 1.807) is 0 Å². The van der Waals surface area contributed by atoms with Gasteiger partial charge in [0.25, 0.3) is 0 Å². The molecule has 1 unspecified atom stereocenters. The molecule has 0 nitrogen and oxygen atoms in total. The SMILES string of the molecule is CC1=CCC(C)/C=C(c2ccccc2)\C=C/1. The molecule has 0 saturated heterocycles. The van der Waals surface area contributed by atoms with Gasteiger partial charge in [0.05, 0.1) is 0 Å². The van der Waals surface area contributed by atoms with Crippen molar-refractivity contribution < 1.29 is 0 Å². The molecule has 1 aromatic carbocycles. The monoisotopic (exact) mass is 210 g/mol. The summed E-state index contributed by atoms with van der Waals surface area (Å²) in [5.74, 6) is 0.607. The summed E-state index contributed by atoms with van der Waals surface area (Å²) in [4.78, 5) is 0. The third-order valence-corrected chi connectivity index (χ3v) is 2.91. The number of benzene rings is 1. The fourth-order valence-corrected chi connectivity index (χ4v) is 1.91. The van der Waals surface area contributed by atoms with Crippen LogP contribution in [-0.4, -0.2) is 0 Å². The van der Waals surface area contributed by atoms with Crippen LogP contribution in [-0.2, 0) is 0 Å². The Kier molecular flexibility index (Phi) is 3.40. The Balaban J connectivity index is 2.36. The number of hydrogen-bond donors (Lipinski definition) is 0. The lowest BCUT2D eigenvalue weighted by atomic mass is 9.95. The molecule has 0 heteroatoms. The van der Waals surface area contributed by atoms with Crippen molar-refractivity contribution in [1.29, 1.82) is 0 Å². The molecule has 1 aliphatic rings. The van der Waals surface area contributed by atoms with Crippen LogP contribution < -0.4 is 0 Å². The summed E-state index contributed by atoms with van der Waals surface area (Å²) in [6.07, 6.45) is 10.2. The smallest absolute Gasteiger partial charge is 0.0187 e. The van der Waals surface area contributed by atoms with E-state index in [9.17, 15) is 0 Å². The summed E-state index contributed by atoms with van der Waals surface area (Å²) in [5, 5.41) is 0. The highest BCUT2D eigenvalue weighted by molar-refractivity contribution is 5.74. The molecule has 0 aliphatic heterocycles. The molecule has 0 fully saturated rings. The van der Waals surface area contributed by atoms with Crippen LogP contribution in [0.3, 0.4) is 0 Å². The second-order valence-electron chi connectivity index (χ2n) is 4.48. The molecule has 0 amide bonds. The van der Waals surface area contributed by atoms with Crippen molar-refractivity contribution in [2.75, 3.05) is 0 Å². The first-order valence-corrected chi connectivity index (χ1v) is 5.88. The van der Waals surface area contributed by atoms with Crippen molar-refractivity contribution in [1.82, 2.24) is 0 Å². The predicted molar refractivity (Wildman–Crippen MR) is 71.1 cm³/mol. The van der Waals surface area contributed by atoms with Gasteiger partial charge in [-0.1, -0.05) is 67.1 Å². The zero-order valence-electron chi connectivity index (χ0n) is 9.98. The van der Waals surface area contributed by atoms with Crippen LogP contribution in [0, 0.1) is 5.92 Å². The van der Waals surface area contributed by atoms with E-state index in [1.165, 1.54) is 16.7 Å². The Hall–Kier alpha value is -1.56. The van der Waals surface area contributed by atoms with Gasteiger partial charge in [-0.15, -0.1) is 0 Å². The maximum atomic E-state index is 2.36. The van der Waals surface area contributed by atoms with Crippen molar-refractivity contribution in [2.45, 2.75) is 20.3 Å². The minimum absolute atomic E-state index is 0.607. The van der Waals surface area contributed by atoms with Gasteiger partial charge in [-0.3, -0.25) is 0 Å². The molecule has 0 heterocycles. The summed E-state index contributed by atoms with van der Waals surface area (Å²) in [6, 6.07) is 10.6. The van der Waals surface area contributed by atoms with E-state index in [0.29, 0.717) is 5.92 Å².